The van der Waals surface area contributed by atoms with Crippen LogP contribution < -0.4 is 9.62 Å². The number of benzene rings is 3. The Morgan fingerprint density at radius 2 is 1.46 bits per heavy atom. The molecule has 0 aliphatic rings. The number of hydrogen-bond donors (Lipinski definition) is 1. The first-order valence-electron chi connectivity index (χ1n) is 11.2. The van der Waals surface area contributed by atoms with Crippen LogP contribution in [0.2, 0.25) is 0 Å². The summed E-state index contributed by atoms with van der Waals surface area (Å²) in [6.45, 7) is 5.21. The fraction of sp³-hybridized carbons (Fsp3) is 0.269. The molecule has 0 bridgehead atoms. The average Bonchev–Trinajstić information content (AvgIpc) is 2.80. The number of carbonyl (C=O) groups is 1. The molecule has 0 radical (unpaired) electrons. The summed E-state index contributed by atoms with van der Waals surface area (Å²) >= 11 is 0. The molecule has 0 aromatic heterocycles. The summed E-state index contributed by atoms with van der Waals surface area (Å²) in [6, 6.07) is 19.4. The highest BCUT2D eigenvalue weighted by atomic mass is 32.2. The number of sulfone groups is 1. The summed E-state index contributed by atoms with van der Waals surface area (Å²) in [4.78, 5) is 13.4. The molecule has 3 rings (SSSR count). The van der Waals surface area contributed by atoms with Gasteiger partial charge in [0.2, 0.25) is 5.91 Å². The van der Waals surface area contributed by atoms with Gasteiger partial charge in [0, 0.05) is 6.26 Å². The molecular formula is C26H30N2O5S2. The number of anilines is 1. The summed E-state index contributed by atoms with van der Waals surface area (Å²) in [5.74, 6) is -0.471. The predicted octanol–water partition coefficient (Wildman–Crippen LogP) is 4.17. The number of nitrogens with one attached hydrogen (secondary N) is 1. The summed E-state index contributed by atoms with van der Waals surface area (Å²) in [5.41, 5.74) is 2.92. The monoisotopic (exact) mass is 514 g/mol. The Morgan fingerprint density at radius 1 is 0.857 bits per heavy atom. The summed E-state index contributed by atoms with van der Waals surface area (Å²) in [6.07, 6.45) is 1.68. The molecule has 3 aromatic carbocycles. The Kier molecular flexibility index (Phi) is 8.02. The lowest BCUT2D eigenvalue weighted by atomic mass is 10.0. The first-order valence-corrected chi connectivity index (χ1v) is 14.5. The molecule has 1 atom stereocenters. The maximum absolute atomic E-state index is 13.5. The van der Waals surface area contributed by atoms with Crippen LogP contribution in [-0.2, 0) is 24.7 Å². The SMILES string of the molecule is CCC(NC(=O)CN(c1cccc(C)c1)S(=O)(=O)c1ccc(C)cc1)c1ccc(S(C)(=O)=O)cc1. The number of aryl methyl sites for hydroxylation is 2. The minimum atomic E-state index is -4.01. The fourth-order valence-electron chi connectivity index (χ4n) is 3.67. The van der Waals surface area contributed by atoms with Crippen LogP contribution >= 0.6 is 0 Å². The molecule has 3 aromatic rings. The number of carbonyl (C=O) groups excluding carboxylic acids is 1. The van der Waals surface area contributed by atoms with Gasteiger partial charge in [0.05, 0.1) is 21.5 Å². The Labute approximate surface area is 207 Å². The summed E-state index contributed by atoms with van der Waals surface area (Å²) in [5, 5.41) is 2.89. The first-order chi connectivity index (χ1) is 16.4. The van der Waals surface area contributed by atoms with Crippen LogP contribution in [0.5, 0.6) is 0 Å². The zero-order chi connectivity index (χ0) is 25.8. The van der Waals surface area contributed by atoms with Crippen molar-refractivity contribution in [3.63, 3.8) is 0 Å². The van der Waals surface area contributed by atoms with Crippen molar-refractivity contribution in [1.29, 1.82) is 0 Å². The second kappa shape index (κ2) is 10.6. The fourth-order valence-corrected chi connectivity index (χ4v) is 5.72. The van der Waals surface area contributed by atoms with Crippen molar-refractivity contribution in [3.05, 3.63) is 89.5 Å². The molecule has 9 heteroatoms. The molecule has 0 saturated heterocycles. The van der Waals surface area contributed by atoms with Gasteiger partial charge < -0.3 is 5.32 Å². The van der Waals surface area contributed by atoms with Crippen LogP contribution in [0.15, 0.2) is 82.6 Å². The van der Waals surface area contributed by atoms with E-state index in [1.807, 2.05) is 26.8 Å². The first kappa shape index (κ1) is 26.4. The smallest absolute Gasteiger partial charge is 0.264 e. The van der Waals surface area contributed by atoms with Crippen LogP contribution in [-0.4, -0.2) is 35.5 Å². The molecule has 0 heterocycles. The van der Waals surface area contributed by atoms with E-state index in [4.69, 9.17) is 0 Å². The Bertz CT molecular complexity index is 1400. The minimum Gasteiger partial charge on any atom is -0.348 e. The third-order valence-electron chi connectivity index (χ3n) is 5.64. The van der Waals surface area contributed by atoms with Crippen LogP contribution in [0.1, 0.15) is 36.1 Å². The largest absolute Gasteiger partial charge is 0.348 e. The van der Waals surface area contributed by atoms with Gasteiger partial charge in [-0.15, -0.1) is 0 Å². The molecule has 35 heavy (non-hydrogen) atoms. The predicted molar refractivity (Wildman–Crippen MR) is 138 cm³/mol. The van der Waals surface area contributed by atoms with E-state index in [1.54, 1.807) is 42.5 Å². The van der Waals surface area contributed by atoms with E-state index in [0.29, 0.717) is 12.1 Å². The third-order valence-corrected chi connectivity index (χ3v) is 8.56. The van der Waals surface area contributed by atoms with Crippen LogP contribution in [0.3, 0.4) is 0 Å². The summed E-state index contributed by atoms with van der Waals surface area (Å²) in [7, 11) is -7.34. The van der Waals surface area contributed by atoms with E-state index in [-0.39, 0.29) is 9.79 Å². The van der Waals surface area contributed by atoms with Crippen LogP contribution in [0, 0.1) is 13.8 Å². The molecule has 1 N–H and O–H groups in total. The zero-order valence-corrected chi connectivity index (χ0v) is 21.9. The van der Waals surface area contributed by atoms with Crippen molar-refractivity contribution in [1.82, 2.24) is 5.32 Å². The Balaban J connectivity index is 1.89. The molecule has 0 aliphatic carbocycles. The topological polar surface area (TPSA) is 101 Å². The highest BCUT2D eigenvalue weighted by Gasteiger charge is 2.28. The van der Waals surface area contributed by atoms with Crippen LogP contribution in [0.4, 0.5) is 5.69 Å². The van der Waals surface area contributed by atoms with E-state index >= 15 is 0 Å². The minimum absolute atomic E-state index is 0.0980. The lowest BCUT2D eigenvalue weighted by molar-refractivity contribution is -0.120. The Hall–Kier alpha value is -3.17. The molecule has 1 unspecified atom stereocenters. The van der Waals surface area contributed by atoms with Gasteiger partial charge in [-0.3, -0.25) is 9.10 Å². The van der Waals surface area contributed by atoms with Gasteiger partial charge in [-0.05, 0) is 67.8 Å². The standard InChI is InChI=1S/C26H30N2O5S2/c1-5-25(21-11-15-23(16-12-21)34(4,30)31)27-26(29)18-28(22-8-6-7-20(3)17-22)35(32,33)24-13-9-19(2)10-14-24/h6-17,25H,5,18H2,1-4H3,(H,27,29). The molecule has 7 nitrogen and oxygen atoms in total. The number of rotatable bonds is 9. The van der Waals surface area contributed by atoms with Crippen molar-refractivity contribution in [2.24, 2.45) is 0 Å². The van der Waals surface area contributed by atoms with Gasteiger partial charge >= 0.3 is 0 Å². The van der Waals surface area contributed by atoms with E-state index in [9.17, 15) is 21.6 Å². The van der Waals surface area contributed by atoms with Gasteiger partial charge in [-0.1, -0.05) is 48.9 Å². The van der Waals surface area contributed by atoms with Gasteiger partial charge in [0.15, 0.2) is 9.84 Å². The molecule has 1 amide bonds. The van der Waals surface area contributed by atoms with Gasteiger partial charge in [0.25, 0.3) is 10.0 Å². The van der Waals surface area contributed by atoms with Gasteiger partial charge in [-0.2, -0.15) is 0 Å². The molecule has 0 fully saturated rings. The maximum atomic E-state index is 13.5. The highest BCUT2D eigenvalue weighted by Crippen LogP contribution is 2.25. The second-order valence-corrected chi connectivity index (χ2v) is 12.4. The van der Waals surface area contributed by atoms with E-state index in [2.05, 4.69) is 5.32 Å². The lowest BCUT2D eigenvalue weighted by Crippen LogP contribution is -2.42. The molecule has 0 aliphatic heterocycles. The second-order valence-electron chi connectivity index (χ2n) is 8.53. The number of amides is 1. The molecule has 0 spiro atoms. The van der Waals surface area contributed by atoms with Gasteiger partial charge in [0.1, 0.15) is 6.54 Å². The van der Waals surface area contributed by atoms with E-state index < -0.39 is 38.4 Å². The van der Waals surface area contributed by atoms with E-state index in [0.717, 1.165) is 27.3 Å². The van der Waals surface area contributed by atoms with Crippen molar-refractivity contribution in [2.45, 2.75) is 43.0 Å². The lowest BCUT2D eigenvalue weighted by Gasteiger charge is -2.26. The number of nitrogens with zero attached hydrogens (tertiary/aromatic N) is 1. The molecule has 186 valence electrons. The van der Waals surface area contributed by atoms with Crippen molar-refractivity contribution in [3.8, 4) is 0 Å². The molecule has 0 saturated carbocycles. The highest BCUT2D eigenvalue weighted by molar-refractivity contribution is 7.93. The number of sulfonamides is 1. The Morgan fingerprint density at radius 3 is 2.00 bits per heavy atom. The van der Waals surface area contributed by atoms with Crippen molar-refractivity contribution in [2.75, 3.05) is 17.1 Å². The third kappa shape index (κ3) is 6.49. The summed E-state index contributed by atoms with van der Waals surface area (Å²) < 4.78 is 51.7. The van der Waals surface area contributed by atoms with Gasteiger partial charge in [-0.25, -0.2) is 16.8 Å². The quantitative estimate of drug-likeness (QED) is 0.462. The van der Waals surface area contributed by atoms with Crippen molar-refractivity contribution < 1.29 is 21.6 Å². The number of hydrogen-bond acceptors (Lipinski definition) is 5. The average molecular weight is 515 g/mol. The molecular weight excluding hydrogens is 484 g/mol. The zero-order valence-electron chi connectivity index (χ0n) is 20.2. The van der Waals surface area contributed by atoms with Crippen LogP contribution in [0.25, 0.3) is 0 Å². The van der Waals surface area contributed by atoms with E-state index in [1.165, 1.54) is 24.3 Å². The maximum Gasteiger partial charge on any atom is 0.264 e. The van der Waals surface area contributed by atoms with Crippen molar-refractivity contribution >= 4 is 31.5 Å². The normalized spacial score (nSPS) is 12.7.